The van der Waals surface area contributed by atoms with Crippen molar-refractivity contribution < 1.29 is 0 Å². The van der Waals surface area contributed by atoms with Crippen LogP contribution in [0.5, 0.6) is 0 Å². The standard InChI is InChI=1S/C18H36N2/c1-4-13-19-17-10-7-11-18(17)20(14-12-15(2)3)16-8-5-6-9-16/h15-19H,4-14H2,1-3H3. The third-order valence-electron chi connectivity index (χ3n) is 5.32. The van der Waals surface area contributed by atoms with Crippen LogP contribution >= 0.6 is 0 Å². The van der Waals surface area contributed by atoms with Crippen LogP contribution in [0, 0.1) is 5.92 Å². The van der Waals surface area contributed by atoms with E-state index in [0.29, 0.717) is 0 Å². The Balaban J connectivity index is 1.96. The highest BCUT2D eigenvalue weighted by molar-refractivity contribution is 4.94. The van der Waals surface area contributed by atoms with Gasteiger partial charge in [-0.15, -0.1) is 0 Å². The molecular formula is C18H36N2. The van der Waals surface area contributed by atoms with E-state index in [9.17, 15) is 0 Å². The second kappa shape index (κ2) is 8.38. The van der Waals surface area contributed by atoms with Crippen molar-refractivity contribution >= 4 is 0 Å². The van der Waals surface area contributed by atoms with Gasteiger partial charge in [0, 0.05) is 18.1 Å². The molecule has 0 bridgehead atoms. The lowest BCUT2D eigenvalue weighted by Gasteiger charge is -2.38. The predicted molar refractivity (Wildman–Crippen MR) is 88.1 cm³/mol. The maximum atomic E-state index is 3.83. The first-order chi connectivity index (χ1) is 9.72. The number of nitrogens with one attached hydrogen (secondary N) is 1. The van der Waals surface area contributed by atoms with Gasteiger partial charge in [0.1, 0.15) is 0 Å². The minimum Gasteiger partial charge on any atom is -0.312 e. The Morgan fingerprint density at radius 1 is 1.05 bits per heavy atom. The number of hydrogen-bond donors (Lipinski definition) is 1. The quantitative estimate of drug-likeness (QED) is 0.717. The molecule has 2 rings (SSSR count). The van der Waals surface area contributed by atoms with E-state index in [2.05, 4.69) is 31.0 Å². The fraction of sp³-hybridized carbons (Fsp3) is 1.00. The minimum absolute atomic E-state index is 0.766. The van der Waals surface area contributed by atoms with Crippen LogP contribution in [0.15, 0.2) is 0 Å². The Morgan fingerprint density at radius 3 is 2.45 bits per heavy atom. The molecule has 2 nitrogen and oxygen atoms in total. The SMILES string of the molecule is CCCNC1CCCC1N(CCC(C)C)C1CCCC1. The molecule has 2 fully saturated rings. The molecule has 2 aliphatic rings. The first-order valence-electron chi connectivity index (χ1n) is 9.21. The van der Waals surface area contributed by atoms with Crippen molar-refractivity contribution in [1.82, 2.24) is 10.2 Å². The summed E-state index contributed by atoms with van der Waals surface area (Å²) >= 11 is 0. The van der Waals surface area contributed by atoms with E-state index >= 15 is 0 Å². The molecule has 2 saturated carbocycles. The van der Waals surface area contributed by atoms with Crippen molar-refractivity contribution in [1.29, 1.82) is 0 Å². The molecule has 0 aromatic rings. The summed E-state index contributed by atoms with van der Waals surface area (Å²) < 4.78 is 0. The largest absolute Gasteiger partial charge is 0.312 e. The van der Waals surface area contributed by atoms with E-state index in [1.54, 1.807) is 0 Å². The summed E-state index contributed by atoms with van der Waals surface area (Å²) in [5.41, 5.74) is 0. The van der Waals surface area contributed by atoms with Crippen LogP contribution in [0.1, 0.15) is 78.6 Å². The van der Waals surface area contributed by atoms with E-state index in [-0.39, 0.29) is 0 Å². The van der Waals surface area contributed by atoms with Gasteiger partial charge in [0.2, 0.25) is 0 Å². The van der Waals surface area contributed by atoms with Crippen molar-refractivity contribution in [3.8, 4) is 0 Å². The van der Waals surface area contributed by atoms with Crippen molar-refractivity contribution in [2.45, 2.75) is 96.7 Å². The Bertz CT molecular complexity index is 258. The van der Waals surface area contributed by atoms with Gasteiger partial charge in [0.15, 0.2) is 0 Å². The molecule has 0 amide bonds. The summed E-state index contributed by atoms with van der Waals surface area (Å²) in [4.78, 5) is 2.92. The van der Waals surface area contributed by atoms with Crippen LogP contribution < -0.4 is 5.32 Å². The third kappa shape index (κ3) is 4.46. The van der Waals surface area contributed by atoms with Crippen LogP contribution in [0.4, 0.5) is 0 Å². The lowest BCUT2D eigenvalue weighted by Crippen LogP contribution is -2.51. The van der Waals surface area contributed by atoms with Crippen LogP contribution in [-0.4, -0.2) is 36.1 Å². The highest BCUT2D eigenvalue weighted by Crippen LogP contribution is 2.32. The van der Waals surface area contributed by atoms with E-state index in [1.807, 2.05) is 0 Å². The second-order valence-electron chi connectivity index (χ2n) is 7.42. The van der Waals surface area contributed by atoms with Gasteiger partial charge in [-0.25, -0.2) is 0 Å². The van der Waals surface area contributed by atoms with Gasteiger partial charge >= 0.3 is 0 Å². The predicted octanol–water partition coefficient (Wildman–Crippen LogP) is 4.20. The van der Waals surface area contributed by atoms with E-state index in [1.165, 1.54) is 70.9 Å². The summed E-state index contributed by atoms with van der Waals surface area (Å²) in [7, 11) is 0. The zero-order chi connectivity index (χ0) is 14.4. The van der Waals surface area contributed by atoms with Crippen LogP contribution in [0.3, 0.4) is 0 Å². The van der Waals surface area contributed by atoms with E-state index in [4.69, 9.17) is 0 Å². The Labute approximate surface area is 126 Å². The lowest BCUT2D eigenvalue weighted by atomic mass is 10.0. The minimum atomic E-state index is 0.766. The van der Waals surface area contributed by atoms with Crippen LogP contribution in [0.25, 0.3) is 0 Å². The van der Waals surface area contributed by atoms with Crippen molar-refractivity contribution in [2.24, 2.45) is 5.92 Å². The molecule has 2 unspecified atom stereocenters. The molecule has 2 heteroatoms. The molecule has 0 aromatic heterocycles. The van der Waals surface area contributed by atoms with Crippen molar-refractivity contribution in [3.63, 3.8) is 0 Å². The summed E-state index contributed by atoms with van der Waals surface area (Å²) in [6, 6.07) is 2.48. The van der Waals surface area contributed by atoms with Gasteiger partial charge in [-0.1, -0.05) is 40.0 Å². The second-order valence-corrected chi connectivity index (χ2v) is 7.42. The third-order valence-corrected chi connectivity index (χ3v) is 5.32. The fourth-order valence-electron chi connectivity index (χ4n) is 4.17. The molecule has 0 aliphatic heterocycles. The monoisotopic (exact) mass is 280 g/mol. The maximum absolute atomic E-state index is 3.83. The highest BCUT2D eigenvalue weighted by atomic mass is 15.2. The molecule has 0 aromatic carbocycles. The molecular weight excluding hydrogens is 244 g/mol. The first-order valence-corrected chi connectivity index (χ1v) is 9.21. The molecule has 2 atom stereocenters. The fourth-order valence-corrected chi connectivity index (χ4v) is 4.17. The number of rotatable bonds is 8. The van der Waals surface area contributed by atoms with Gasteiger partial charge in [-0.3, -0.25) is 4.90 Å². The molecule has 20 heavy (non-hydrogen) atoms. The topological polar surface area (TPSA) is 15.3 Å². The van der Waals surface area contributed by atoms with Gasteiger partial charge in [0.05, 0.1) is 0 Å². The molecule has 0 saturated heterocycles. The summed E-state index contributed by atoms with van der Waals surface area (Å²) in [5, 5.41) is 3.83. The molecule has 0 radical (unpaired) electrons. The van der Waals surface area contributed by atoms with Gasteiger partial charge in [-0.2, -0.15) is 0 Å². The Kier molecular flexibility index (Phi) is 6.83. The molecule has 0 heterocycles. The van der Waals surface area contributed by atoms with Crippen molar-refractivity contribution in [3.05, 3.63) is 0 Å². The number of hydrogen-bond acceptors (Lipinski definition) is 2. The van der Waals surface area contributed by atoms with Crippen LogP contribution in [-0.2, 0) is 0 Å². The zero-order valence-corrected chi connectivity index (χ0v) is 14.0. The first kappa shape index (κ1) is 16.3. The molecule has 1 N–H and O–H groups in total. The maximum Gasteiger partial charge on any atom is 0.0252 e. The van der Waals surface area contributed by atoms with Gasteiger partial charge in [-0.05, 0) is 57.5 Å². The van der Waals surface area contributed by atoms with Crippen molar-refractivity contribution in [2.75, 3.05) is 13.1 Å². The smallest absolute Gasteiger partial charge is 0.0252 e. The van der Waals surface area contributed by atoms with Gasteiger partial charge < -0.3 is 5.32 Å². The summed E-state index contributed by atoms with van der Waals surface area (Å²) in [6.07, 6.45) is 12.7. The number of nitrogens with zero attached hydrogens (tertiary/aromatic N) is 1. The summed E-state index contributed by atoms with van der Waals surface area (Å²) in [6.45, 7) is 9.55. The molecule has 2 aliphatic carbocycles. The Morgan fingerprint density at radius 2 is 1.80 bits per heavy atom. The zero-order valence-electron chi connectivity index (χ0n) is 14.0. The van der Waals surface area contributed by atoms with Crippen LogP contribution in [0.2, 0.25) is 0 Å². The summed E-state index contributed by atoms with van der Waals surface area (Å²) in [5.74, 6) is 0.836. The van der Waals surface area contributed by atoms with E-state index < -0.39 is 0 Å². The normalized spacial score (nSPS) is 28.1. The van der Waals surface area contributed by atoms with E-state index in [0.717, 1.165) is 24.0 Å². The Hall–Kier alpha value is -0.0800. The average molecular weight is 280 g/mol. The average Bonchev–Trinajstić information content (AvgIpc) is 3.08. The van der Waals surface area contributed by atoms with Gasteiger partial charge in [0.25, 0.3) is 0 Å². The molecule has 0 spiro atoms. The lowest BCUT2D eigenvalue weighted by molar-refractivity contribution is 0.111. The highest BCUT2D eigenvalue weighted by Gasteiger charge is 2.35. The molecule has 118 valence electrons.